The van der Waals surface area contributed by atoms with Gasteiger partial charge in [0.15, 0.2) is 0 Å². The molecule has 0 amide bonds. The molecule has 5 rings (SSSR count). The molecule has 1 aromatic heterocycles. The number of rotatable bonds is 7. The van der Waals surface area contributed by atoms with Gasteiger partial charge in [-0.1, -0.05) is 48.0 Å². The van der Waals surface area contributed by atoms with Crippen molar-refractivity contribution in [2.24, 2.45) is 0 Å². The molecular formula is C27H30ClN3O2. The van der Waals surface area contributed by atoms with Crippen LogP contribution in [0.25, 0.3) is 21.8 Å². The summed E-state index contributed by atoms with van der Waals surface area (Å²) in [7, 11) is 1.70. The topological polar surface area (TPSA) is 40.9 Å². The van der Waals surface area contributed by atoms with Crippen molar-refractivity contribution >= 4 is 33.4 Å². The second-order valence-corrected chi connectivity index (χ2v) is 9.27. The monoisotopic (exact) mass is 463 g/mol. The van der Waals surface area contributed by atoms with Crippen LogP contribution in [0.2, 0.25) is 5.02 Å². The second kappa shape index (κ2) is 9.74. The molecular weight excluding hydrogens is 434 g/mol. The molecule has 0 spiro atoms. The Kier molecular flexibility index (Phi) is 6.56. The number of halogens is 1. The van der Waals surface area contributed by atoms with Crippen molar-refractivity contribution in [3.05, 3.63) is 77.3 Å². The molecule has 3 aromatic carbocycles. The maximum absolute atomic E-state index is 11.0. The lowest BCUT2D eigenvalue weighted by Gasteiger charge is -2.36. The Bertz CT molecular complexity index is 1190. The highest BCUT2D eigenvalue weighted by Gasteiger charge is 2.21. The molecule has 1 aliphatic heterocycles. The minimum absolute atomic E-state index is 0.427. The quantitative estimate of drug-likeness (QED) is 0.433. The first-order valence-corrected chi connectivity index (χ1v) is 11.9. The number of hydrogen-bond acceptors (Lipinski definition) is 4. The van der Waals surface area contributed by atoms with E-state index in [1.807, 2.05) is 18.2 Å². The molecule has 5 nitrogen and oxygen atoms in total. The number of β-amino-alcohol motifs (C(OH)–C–C–N with tert-alkyl or cyclic N) is 1. The van der Waals surface area contributed by atoms with Gasteiger partial charge in [0.05, 0.1) is 19.8 Å². The van der Waals surface area contributed by atoms with Crippen molar-refractivity contribution in [1.82, 2.24) is 14.4 Å². The Morgan fingerprint density at radius 2 is 1.45 bits per heavy atom. The van der Waals surface area contributed by atoms with Crippen molar-refractivity contribution in [2.45, 2.75) is 19.2 Å². The average Bonchev–Trinajstić information content (AvgIpc) is 3.14. The maximum atomic E-state index is 11.0. The van der Waals surface area contributed by atoms with Crippen LogP contribution in [0.3, 0.4) is 0 Å². The Balaban J connectivity index is 1.21. The van der Waals surface area contributed by atoms with Crippen LogP contribution >= 0.6 is 11.6 Å². The van der Waals surface area contributed by atoms with Crippen LogP contribution in [0.5, 0.6) is 5.75 Å². The van der Waals surface area contributed by atoms with Gasteiger partial charge in [0.2, 0.25) is 0 Å². The van der Waals surface area contributed by atoms with E-state index in [9.17, 15) is 5.11 Å². The molecule has 2 heterocycles. The largest absolute Gasteiger partial charge is 0.496 e. The molecule has 172 valence electrons. The minimum Gasteiger partial charge on any atom is -0.496 e. The molecule has 0 radical (unpaired) electrons. The van der Waals surface area contributed by atoms with Gasteiger partial charge in [-0.05, 0) is 30.3 Å². The smallest absolute Gasteiger partial charge is 0.123 e. The second-order valence-electron chi connectivity index (χ2n) is 8.83. The van der Waals surface area contributed by atoms with E-state index in [-0.39, 0.29) is 0 Å². The van der Waals surface area contributed by atoms with Gasteiger partial charge in [-0.3, -0.25) is 9.80 Å². The van der Waals surface area contributed by atoms with E-state index in [1.165, 1.54) is 21.8 Å². The molecule has 6 heteroatoms. The number of hydrogen-bond donors (Lipinski definition) is 1. The summed E-state index contributed by atoms with van der Waals surface area (Å²) in [6.45, 7) is 5.88. The summed E-state index contributed by atoms with van der Waals surface area (Å²) in [5.41, 5.74) is 3.47. The van der Waals surface area contributed by atoms with Crippen LogP contribution < -0.4 is 4.74 Å². The molecule has 1 saturated heterocycles. The molecule has 1 atom stereocenters. The summed E-state index contributed by atoms with van der Waals surface area (Å²) in [6, 6.07) is 22.7. The van der Waals surface area contributed by atoms with Crippen LogP contribution in [-0.2, 0) is 13.1 Å². The summed E-state index contributed by atoms with van der Waals surface area (Å²) in [5.74, 6) is 0.878. The van der Waals surface area contributed by atoms with Gasteiger partial charge in [-0.2, -0.15) is 0 Å². The van der Waals surface area contributed by atoms with E-state index in [4.69, 9.17) is 16.3 Å². The average molecular weight is 464 g/mol. The first kappa shape index (κ1) is 22.2. The first-order valence-electron chi connectivity index (χ1n) is 11.5. The lowest BCUT2D eigenvalue weighted by Crippen LogP contribution is -2.48. The minimum atomic E-state index is -0.427. The highest BCUT2D eigenvalue weighted by Crippen LogP contribution is 2.29. The highest BCUT2D eigenvalue weighted by molar-refractivity contribution is 6.30. The number of piperazine rings is 1. The fourth-order valence-electron chi connectivity index (χ4n) is 5.01. The molecule has 0 aliphatic carbocycles. The number of ether oxygens (including phenoxy) is 1. The summed E-state index contributed by atoms with van der Waals surface area (Å²) >= 11 is 6.19. The Morgan fingerprint density at radius 3 is 2.09 bits per heavy atom. The molecule has 4 aromatic rings. The van der Waals surface area contributed by atoms with E-state index in [1.54, 1.807) is 7.11 Å². The number of benzene rings is 3. The third-order valence-corrected chi connectivity index (χ3v) is 6.88. The van der Waals surface area contributed by atoms with Crippen LogP contribution in [0, 0.1) is 0 Å². The summed E-state index contributed by atoms with van der Waals surface area (Å²) in [6.07, 6.45) is -0.427. The molecule has 1 aliphatic rings. The maximum Gasteiger partial charge on any atom is 0.123 e. The van der Waals surface area contributed by atoms with Gasteiger partial charge in [0, 0.05) is 71.7 Å². The van der Waals surface area contributed by atoms with Gasteiger partial charge in [-0.15, -0.1) is 0 Å². The summed E-state index contributed by atoms with van der Waals surface area (Å²) < 4.78 is 7.76. The zero-order chi connectivity index (χ0) is 22.8. The van der Waals surface area contributed by atoms with Gasteiger partial charge in [0.25, 0.3) is 0 Å². The van der Waals surface area contributed by atoms with E-state index in [2.05, 4.69) is 62.9 Å². The first-order chi connectivity index (χ1) is 16.1. The predicted octanol–water partition coefficient (Wildman–Crippen LogP) is 4.64. The lowest BCUT2D eigenvalue weighted by molar-refractivity contribution is 0.0632. The summed E-state index contributed by atoms with van der Waals surface area (Å²) in [4.78, 5) is 4.79. The number of para-hydroxylation sites is 2. The SMILES string of the molecule is COc1ccc(Cl)cc1CN1CCN(CC(O)Cn2c3ccccc3c3ccccc32)CC1. The van der Waals surface area contributed by atoms with E-state index in [0.29, 0.717) is 13.1 Å². The Hall–Kier alpha value is -2.57. The molecule has 0 bridgehead atoms. The third-order valence-electron chi connectivity index (χ3n) is 6.64. The molecule has 1 N–H and O–H groups in total. The van der Waals surface area contributed by atoms with Crippen molar-refractivity contribution in [3.8, 4) is 5.75 Å². The van der Waals surface area contributed by atoms with Crippen molar-refractivity contribution < 1.29 is 9.84 Å². The number of fused-ring (bicyclic) bond motifs is 3. The zero-order valence-corrected chi connectivity index (χ0v) is 19.7. The van der Waals surface area contributed by atoms with Gasteiger partial charge in [-0.25, -0.2) is 0 Å². The van der Waals surface area contributed by atoms with Gasteiger partial charge < -0.3 is 14.4 Å². The van der Waals surface area contributed by atoms with Crippen LogP contribution in [0.4, 0.5) is 0 Å². The highest BCUT2D eigenvalue weighted by atomic mass is 35.5. The molecule has 0 saturated carbocycles. The van der Waals surface area contributed by atoms with Crippen LogP contribution in [-0.4, -0.2) is 65.4 Å². The van der Waals surface area contributed by atoms with Gasteiger partial charge >= 0.3 is 0 Å². The van der Waals surface area contributed by atoms with E-state index in [0.717, 1.165) is 49.1 Å². The molecule has 33 heavy (non-hydrogen) atoms. The lowest BCUT2D eigenvalue weighted by atomic mass is 10.1. The number of aliphatic hydroxyl groups excluding tert-OH is 1. The van der Waals surface area contributed by atoms with Crippen molar-refractivity contribution in [3.63, 3.8) is 0 Å². The van der Waals surface area contributed by atoms with Crippen LogP contribution in [0.1, 0.15) is 5.56 Å². The van der Waals surface area contributed by atoms with Crippen LogP contribution in [0.15, 0.2) is 66.7 Å². The predicted molar refractivity (Wildman–Crippen MR) is 135 cm³/mol. The van der Waals surface area contributed by atoms with E-state index < -0.39 is 6.10 Å². The standard InChI is InChI=1S/C27H30ClN3O2/c1-33-27-11-10-21(28)16-20(27)17-29-12-14-30(15-13-29)18-22(32)19-31-25-8-4-2-6-23(25)24-7-3-5-9-26(24)31/h2-11,16,22,32H,12-15,17-19H2,1H3. The zero-order valence-electron chi connectivity index (χ0n) is 19.0. The summed E-state index contributed by atoms with van der Waals surface area (Å²) in [5, 5.41) is 14.2. The Morgan fingerprint density at radius 1 is 0.848 bits per heavy atom. The fraction of sp³-hybridized carbons (Fsp3) is 0.333. The Labute approximate surface area is 199 Å². The van der Waals surface area contributed by atoms with E-state index >= 15 is 0 Å². The fourth-order valence-corrected chi connectivity index (χ4v) is 5.20. The number of methoxy groups -OCH3 is 1. The number of aromatic nitrogens is 1. The molecule has 1 unspecified atom stereocenters. The van der Waals surface area contributed by atoms with Gasteiger partial charge in [0.1, 0.15) is 5.75 Å². The number of aliphatic hydroxyl groups is 1. The van der Waals surface area contributed by atoms with Crippen molar-refractivity contribution in [2.75, 3.05) is 39.8 Å². The third kappa shape index (κ3) is 4.73. The molecule has 1 fully saturated rings. The number of nitrogens with zero attached hydrogens (tertiary/aromatic N) is 3. The van der Waals surface area contributed by atoms with Crippen molar-refractivity contribution in [1.29, 1.82) is 0 Å². The normalized spacial score (nSPS) is 16.5.